The lowest BCUT2D eigenvalue weighted by Crippen LogP contribution is -2.47. The molecule has 3 aromatic rings. The molecule has 210 valence electrons. The fraction of sp³-hybridized carbons (Fsp3) is 0.375. The van der Waals surface area contributed by atoms with Crippen LogP contribution in [0, 0.1) is 6.92 Å². The molecule has 0 spiro atoms. The van der Waals surface area contributed by atoms with E-state index in [9.17, 15) is 14.4 Å². The molecule has 0 radical (unpaired) electrons. The Morgan fingerprint density at radius 2 is 1.68 bits per heavy atom. The maximum atomic E-state index is 14.0. The molecule has 0 saturated heterocycles. The molecule has 40 heavy (non-hydrogen) atoms. The first-order valence-corrected chi connectivity index (χ1v) is 14.0. The Bertz CT molecular complexity index is 1270. The van der Waals surface area contributed by atoms with E-state index in [2.05, 4.69) is 15.6 Å². The quantitative estimate of drug-likeness (QED) is 0.322. The summed E-state index contributed by atoms with van der Waals surface area (Å²) in [5.74, 6) is 0.252. The monoisotopic (exact) mass is 542 g/mol. The molecule has 1 fully saturated rings. The van der Waals surface area contributed by atoms with Crippen molar-refractivity contribution in [1.29, 1.82) is 0 Å². The lowest BCUT2D eigenvalue weighted by molar-refractivity contribution is -0.127. The largest absolute Gasteiger partial charge is 0.495 e. The molecular weight excluding hydrogens is 504 g/mol. The molecule has 8 heteroatoms. The molecule has 0 bridgehead atoms. The Morgan fingerprint density at radius 3 is 2.38 bits per heavy atom. The van der Waals surface area contributed by atoms with E-state index in [1.807, 2.05) is 43.3 Å². The number of nitrogens with one attached hydrogen (secondary N) is 2. The van der Waals surface area contributed by atoms with Crippen molar-refractivity contribution in [1.82, 2.24) is 10.3 Å². The summed E-state index contributed by atoms with van der Waals surface area (Å²) in [5, 5.41) is 5.98. The minimum Gasteiger partial charge on any atom is -0.495 e. The molecule has 1 heterocycles. The lowest BCUT2D eigenvalue weighted by atomic mass is 9.94. The predicted octanol–water partition coefficient (Wildman–Crippen LogP) is 5.73. The maximum absolute atomic E-state index is 14.0. The first-order valence-electron chi connectivity index (χ1n) is 14.0. The van der Waals surface area contributed by atoms with Crippen LogP contribution in [0.25, 0.3) is 0 Å². The second kappa shape index (κ2) is 14.3. The molecule has 1 saturated carbocycles. The van der Waals surface area contributed by atoms with Crippen LogP contribution in [0.2, 0.25) is 0 Å². The number of pyridine rings is 1. The van der Waals surface area contributed by atoms with Crippen molar-refractivity contribution in [3.05, 3.63) is 84.1 Å². The van der Waals surface area contributed by atoms with Gasteiger partial charge in [-0.2, -0.15) is 0 Å². The fourth-order valence-corrected chi connectivity index (χ4v) is 5.10. The highest BCUT2D eigenvalue weighted by molar-refractivity contribution is 6.02. The van der Waals surface area contributed by atoms with Crippen LogP contribution in [-0.4, -0.2) is 35.9 Å². The van der Waals surface area contributed by atoms with E-state index in [4.69, 9.17) is 4.74 Å². The second-order valence-electron chi connectivity index (χ2n) is 10.2. The van der Waals surface area contributed by atoms with Gasteiger partial charge in [0.2, 0.25) is 17.7 Å². The van der Waals surface area contributed by atoms with Crippen molar-refractivity contribution >= 4 is 29.2 Å². The number of ether oxygens (including phenoxy) is 1. The number of hydrogen-bond donors (Lipinski definition) is 2. The van der Waals surface area contributed by atoms with Crippen LogP contribution in [0.5, 0.6) is 5.75 Å². The molecule has 0 aliphatic heterocycles. The molecule has 2 N–H and O–H groups in total. The molecule has 1 aromatic heterocycles. The van der Waals surface area contributed by atoms with Crippen LogP contribution in [-0.2, 0) is 14.4 Å². The molecule has 1 aliphatic carbocycles. The van der Waals surface area contributed by atoms with Crippen LogP contribution < -0.4 is 20.3 Å². The van der Waals surface area contributed by atoms with E-state index >= 15 is 0 Å². The summed E-state index contributed by atoms with van der Waals surface area (Å²) in [7, 11) is 1.55. The van der Waals surface area contributed by atoms with E-state index in [1.54, 1.807) is 43.6 Å². The molecule has 1 aliphatic rings. The van der Waals surface area contributed by atoms with Crippen molar-refractivity contribution in [2.24, 2.45) is 0 Å². The van der Waals surface area contributed by atoms with Gasteiger partial charge < -0.3 is 15.4 Å². The molecule has 8 nitrogen and oxygen atoms in total. The van der Waals surface area contributed by atoms with Crippen molar-refractivity contribution in [2.75, 3.05) is 17.3 Å². The molecule has 4 rings (SSSR count). The van der Waals surface area contributed by atoms with Gasteiger partial charge in [-0.15, -0.1) is 0 Å². The van der Waals surface area contributed by atoms with Crippen molar-refractivity contribution in [3.8, 4) is 5.75 Å². The highest BCUT2D eigenvalue weighted by Crippen LogP contribution is 2.36. The molecule has 3 amide bonds. The van der Waals surface area contributed by atoms with Gasteiger partial charge in [-0.3, -0.25) is 19.3 Å². The number of amides is 3. The fourth-order valence-electron chi connectivity index (χ4n) is 5.10. The third-order valence-electron chi connectivity index (χ3n) is 7.19. The minimum absolute atomic E-state index is 0.0761. The Hall–Kier alpha value is -4.20. The minimum atomic E-state index is -0.895. The molecule has 2 aromatic carbocycles. The number of aryl methyl sites for hydroxylation is 1. The highest BCUT2D eigenvalue weighted by Gasteiger charge is 2.35. The van der Waals surface area contributed by atoms with Crippen LogP contribution in [0.3, 0.4) is 0 Å². The summed E-state index contributed by atoms with van der Waals surface area (Å²) in [6, 6.07) is 19.4. The average molecular weight is 543 g/mol. The number of rotatable bonds is 11. The number of aromatic nitrogens is 1. The Labute approximate surface area is 236 Å². The van der Waals surface area contributed by atoms with E-state index in [0.717, 1.165) is 31.2 Å². The molecule has 1 atom stereocenters. The summed E-state index contributed by atoms with van der Waals surface area (Å²) < 4.78 is 5.62. The number of carbonyl (C=O) groups excluding carboxylic acids is 3. The zero-order valence-corrected chi connectivity index (χ0v) is 23.3. The van der Waals surface area contributed by atoms with Crippen molar-refractivity contribution in [2.45, 2.75) is 70.4 Å². The zero-order valence-electron chi connectivity index (χ0n) is 23.3. The number of para-hydroxylation sites is 2. The van der Waals surface area contributed by atoms with Crippen molar-refractivity contribution < 1.29 is 19.1 Å². The first-order chi connectivity index (χ1) is 19.5. The molecular formula is C32H38N4O4. The third-order valence-corrected chi connectivity index (χ3v) is 7.19. The number of benzene rings is 2. The highest BCUT2D eigenvalue weighted by atomic mass is 16.5. The summed E-state index contributed by atoms with van der Waals surface area (Å²) in [6.07, 6.45) is 7.33. The van der Waals surface area contributed by atoms with E-state index in [-0.39, 0.29) is 36.6 Å². The first kappa shape index (κ1) is 28.8. The van der Waals surface area contributed by atoms with Gasteiger partial charge in [0.1, 0.15) is 17.6 Å². The van der Waals surface area contributed by atoms with Crippen LogP contribution in [0.15, 0.2) is 72.9 Å². The SMILES string of the molecule is COc1ccccc1N(C(=O)CCCC(=O)Nc1ccccn1)[C@@H](C(=O)NC1CCCCC1)c1ccc(C)cc1. The third kappa shape index (κ3) is 7.68. The Morgan fingerprint density at radius 1 is 0.950 bits per heavy atom. The average Bonchev–Trinajstić information content (AvgIpc) is 2.97. The zero-order chi connectivity index (χ0) is 28.3. The summed E-state index contributed by atoms with van der Waals surface area (Å²) in [4.78, 5) is 46.1. The second-order valence-corrected chi connectivity index (χ2v) is 10.2. The maximum Gasteiger partial charge on any atom is 0.248 e. The number of methoxy groups -OCH3 is 1. The molecule has 0 unspecified atom stereocenters. The number of carbonyl (C=O) groups is 3. The van der Waals surface area contributed by atoms with Gasteiger partial charge in [-0.1, -0.05) is 67.3 Å². The van der Waals surface area contributed by atoms with Gasteiger partial charge >= 0.3 is 0 Å². The summed E-state index contributed by atoms with van der Waals surface area (Å²) >= 11 is 0. The summed E-state index contributed by atoms with van der Waals surface area (Å²) in [6.45, 7) is 1.99. The number of hydrogen-bond acceptors (Lipinski definition) is 5. The van der Waals surface area contributed by atoms with Crippen LogP contribution in [0.1, 0.15) is 68.5 Å². The van der Waals surface area contributed by atoms with Crippen molar-refractivity contribution in [3.63, 3.8) is 0 Å². The normalized spacial score (nSPS) is 14.2. The van der Waals surface area contributed by atoms with E-state index in [1.165, 1.54) is 11.3 Å². The van der Waals surface area contributed by atoms with E-state index < -0.39 is 6.04 Å². The van der Waals surface area contributed by atoms with Gasteiger partial charge in [0, 0.05) is 25.1 Å². The van der Waals surface area contributed by atoms with Gasteiger partial charge in [0.25, 0.3) is 0 Å². The Balaban J connectivity index is 1.60. The van der Waals surface area contributed by atoms with E-state index in [0.29, 0.717) is 29.2 Å². The topological polar surface area (TPSA) is 101 Å². The standard InChI is InChI=1S/C32H38N4O4/c1-23-18-20-24(21-19-23)31(32(39)34-25-11-4-3-5-12-25)36(26-13-6-7-14-27(26)40-2)30(38)17-10-16-29(37)35-28-15-8-9-22-33-28/h6-9,13-15,18-22,25,31H,3-5,10-12,16-17H2,1-2H3,(H,34,39)(H,33,35,37)/t31-/m1/s1. The van der Waals surface area contributed by atoms with Gasteiger partial charge in [0.05, 0.1) is 12.8 Å². The van der Waals surface area contributed by atoms with Gasteiger partial charge in [-0.25, -0.2) is 4.98 Å². The smallest absolute Gasteiger partial charge is 0.248 e. The predicted molar refractivity (Wildman–Crippen MR) is 156 cm³/mol. The number of nitrogens with zero attached hydrogens (tertiary/aromatic N) is 2. The lowest BCUT2D eigenvalue weighted by Gasteiger charge is -2.34. The Kier molecular flexibility index (Phi) is 10.3. The summed E-state index contributed by atoms with van der Waals surface area (Å²) in [5.41, 5.74) is 2.28. The number of anilines is 2. The van der Waals surface area contributed by atoms with Crippen LogP contribution >= 0.6 is 0 Å². The van der Waals surface area contributed by atoms with Gasteiger partial charge in [0.15, 0.2) is 0 Å². The van der Waals surface area contributed by atoms with Crippen LogP contribution in [0.4, 0.5) is 11.5 Å². The van der Waals surface area contributed by atoms with Gasteiger partial charge in [-0.05, 0) is 56.0 Å².